The fraction of sp³-hybridized carbons (Fsp3) is 0.600. The summed E-state index contributed by atoms with van der Waals surface area (Å²) in [6.07, 6.45) is -4.50. The van der Waals surface area contributed by atoms with E-state index in [0.717, 1.165) is 6.07 Å². The molecule has 0 heterocycles. The number of nitrogens with two attached hydrogens (primary N) is 1. The Morgan fingerprint density at radius 2 is 1.82 bits per heavy atom. The quantitative estimate of drug-likeness (QED) is 0.835. The number of hydrogen-bond donors (Lipinski definition) is 1. The fourth-order valence-corrected chi connectivity index (χ4v) is 2.52. The van der Waals surface area contributed by atoms with Crippen molar-refractivity contribution in [1.82, 2.24) is 0 Å². The van der Waals surface area contributed by atoms with E-state index in [0.29, 0.717) is 5.56 Å². The molecule has 1 aromatic rings. The Bertz CT molecular complexity index is 505. The second-order valence-corrected chi connectivity index (χ2v) is 5.64. The normalized spacial score (nSPS) is 19.2. The highest BCUT2D eigenvalue weighted by molar-refractivity contribution is 5.39. The lowest BCUT2D eigenvalue weighted by Gasteiger charge is -2.28. The summed E-state index contributed by atoms with van der Waals surface area (Å²) in [5, 5.41) is 0. The smallest absolute Gasteiger partial charge is 0.419 e. The minimum Gasteiger partial charge on any atom is -0.493 e. The average molecular weight is 323 g/mol. The summed E-state index contributed by atoms with van der Waals surface area (Å²) < 4.78 is 70.2. The Morgan fingerprint density at radius 1 is 1.18 bits per heavy atom. The maximum Gasteiger partial charge on any atom is 0.419 e. The molecule has 1 saturated carbocycles. The van der Waals surface area contributed by atoms with Crippen LogP contribution in [0.2, 0.25) is 0 Å². The van der Waals surface area contributed by atoms with Crippen molar-refractivity contribution in [2.24, 2.45) is 11.7 Å². The molecule has 1 aliphatic rings. The monoisotopic (exact) mass is 323 g/mol. The van der Waals surface area contributed by atoms with E-state index in [4.69, 9.17) is 10.5 Å². The average Bonchev–Trinajstić information content (AvgIpc) is 2.44. The van der Waals surface area contributed by atoms with E-state index in [9.17, 15) is 22.0 Å². The lowest BCUT2D eigenvalue weighted by atomic mass is 9.87. The summed E-state index contributed by atoms with van der Waals surface area (Å²) in [7, 11) is 0. The SMILES string of the molecule is NCc1ccc(C(F)(F)F)c(OCC2CCC(F)(F)CC2)c1. The second-order valence-electron chi connectivity index (χ2n) is 5.64. The molecule has 7 heteroatoms. The van der Waals surface area contributed by atoms with Crippen LogP contribution in [-0.2, 0) is 12.7 Å². The highest BCUT2D eigenvalue weighted by atomic mass is 19.4. The van der Waals surface area contributed by atoms with Crippen LogP contribution in [0.4, 0.5) is 22.0 Å². The topological polar surface area (TPSA) is 35.2 Å². The first-order chi connectivity index (χ1) is 10.2. The number of ether oxygens (including phenoxy) is 1. The van der Waals surface area contributed by atoms with Crippen LogP contribution >= 0.6 is 0 Å². The van der Waals surface area contributed by atoms with Gasteiger partial charge in [0, 0.05) is 19.4 Å². The molecule has 0 amide bonds. The Balaban J connectivity index is 2.05. The molecule has 0 unspecified atom stereocenters. The third kappa shape index (κ3) is 4.32. The molecule has 0 atom stereocenters. The van der Waals surface area contributed by atoms with Gasteiger partial charge in [0.25, 0.3) is 0 Å². The number of alkyl halides is 5. The summed E-state index contributed by atoms with van der Waals surface area (Å²) >= 11 is 0. The van der Waals surface area contributed by atoms with Crippen molar-refractivity contribution in [3.8, 4) is 5.75 Å². The van der Waals surface area contributed by atoms with Crippen LogP contribution in [0.5, 0.6) is 5.75 Å². The molecule has 0 spiro atoms. The van der Waals surface area contributed by atoms with Crippen molar-refractivity contribution < 1.29 is 26.7 Å². The second kappa shape index (κ2) is 6.40. The van der Waals surface area contributed by atoms with Gasteiger partial charge in [0.15, 0.2) is 0 Å². The van der Waals surface area contributed by atoms with Gasteiger partial charge in [-0.15, -0.1) is 0 Å². The summed E-state index contributed by atoms with van der Waals surface area (Å²) in [5.74, 6) is -3.09. The Hall–Kier alpha value is -1.37. The van der Waals surface area contributed by atoms with Gasteiger partial charge in [0.1, 0.15) is 5.75 Å². The molecule has 1 aromatic carbocycles. The van der Waals surface area contributed by atoms with Crippen molar-refractivity contribution in [2.75, 3.05) is 6.61 Å². The molecule has 22 heavy (non-hydrogen) atoms. The zero-order chi connectivity index (χ0) is 16.4. The van der Waals surface area contributed by atoms with Crippen molar-refractivity contribution >= 4 is 0 Å². The van der Waals surface area contributed by atoms with E-state index in [1.54, 1.807) is 0 Å². The highest BCUT2D eigenvalue weighted by Crippen LogP contribution is 2.39. The van der Waals surface area contributed by atoms with Crippen LogP contribution in [0, 0.1) is 5.92 Å². The molecule has 0 bridgehead atoms. The molecule has 0 saturated heterocycles. The minimum atomic E-state index is -4.53. The third-order valence-electron chi connectivity index (χ3n) is 3.90. The van der Waals surface area contributed by atoms with Crippen LogP contribution in [-0.4, -0.2) is 12.5 Å². The van der Waals surface area contributed by atoms with E-state index in [1.165, 1.54) is 12.1 Å². The van der Waals surface area contributed by atoms with Crippen molar-refractivity contribution in [1.29, 1.82) is 0 Å². The van der Waals surface area contributed by atoms with Gasteiger partial charge in [0.05, 0.1) is 12.2 Å². The summed E-state index contributed by atoms with van der Waals surface area (Å²) in [4.78, 5) is 0. The van der Waals surface area contributed by atoms with Crippen molar-refractivity contribution in [3.63, 3.8) is 0 Å². The van der Waals surface area contributed by atoms with Gasteiger partial charge in [-0.25, -0.2) is 8.78 Å². The van der Waals surface area contributed by atoms with E-state index < -0.39 is 17.7 Å². The Labute approximate surface area is 125 Å². The minimum absolute atomic E-state index is 0.00713. The van der Waals surface area contributed by atoms with E-state index >= 15 is 0 Å². The first-order valence-electron chi connectivity index (χ1n) is 7.12. The predicted molar refractivity (Wildman–Crippen MR) is 71.7 cm³/mol. The lowest BCUT2D eigenvalue weighted by molar-refractivity contribution is -0.139. The third-order valence-corrected chi connectivity index (χ3v) is 3.90. The van der Waals surface area contributed by atoms with Gasteiger partial charge >= 0.3 is 6.18 Å². The number of benzene rings is 1. The number of hydrogen-bond acceptors (Lipinski definition) is 2. The largest absolute Gasteiger partial charge is 0.493 e. The zero-order valence-corrected chi connectivity index (χ0v) is 11.9. The molecule has 2 N–H and O–H groups in total. The molecular weight excluding hydrogens is 305 g/mol. The van der Waals surface area contributed by atoms with Gasteiger partial charge < -0.3 is 10.5 Å². The molecule has 2 rings (SSSR count). The molecule has 1 fully saturated rings. The number of halogens is 5. The Morgan fingerprint density at radius 3 is 2.36 bits per heavy atom. The summed E-state index contributed by atoms with van der Waals surface area (Å²) in [6, 6.07) is 3.50. The molecule has 124 valence electrons. The fourth-order valence-electron chi connectivity index (χ4n) is 2.52. The molecule has 2 nitrogen and oxygen atoms in total. The Kier molecular flexibility index (Phi) is 4.94. The first kappa shape index (κ1) is 17.0. The van der Waals surface area contributed by atoms with Crippen LogP contribution in [0.1, 0.15) is 36.8 Å². The van der Waals surface area contributed by atoms with Crippen molar-refractivity contribution in [2.45, 2.75) is 44.3 Å². The molecule has 0 radical (unpaired) electrons. The molecular formula is C15H18F5NO. The van der Waals surface area contributed by atoms with E-state index in [-0.39, 0.29) is 50.5 Å². The van der Waals surface area contributed by atoms with Crippen LogP contribution in [0.3, 0.4) is 0 Å². The lowest BCUT2D eigenvalue weighted by Crippen LogP contribution is -2.27. The molecule has 0 aliphatic heterocycles. The number of rotatable bonds is 4. The van der Waals surface area contributed by atoms with Gasteiger partial charge in [0.2, 0.25) is 5.92 Å². The van der Waals surface area contributed by atoms with Crippen LogP contribution in [0.25, 0.3) is 0 Å². The molecule has 1 aliphatic carbocycles. The molecule has 0 aromatic heterocycles. The zero-order valence-electron chi connectivity index (χ0n) is 11.9. The van der Waals surface area contributed by atoms with Crippen LogP contribution < -0.4 is 10.5 Å². The standard InChI is InChI=1S/C15H18F5NO/c16-14(17)5-3-10(4-6-14)9-22-13-7-11(8-21)1-2-12(13)15(18,19)20/h1-2,7,10H,3-6,8-9,21H2. The summed E-state index contributed by atoms with van der Waals surface area (Å²) in [5.41, 5.74) is 5.08. The predicted octanol–water partition coefficient (Wildman–Crippen LogP) is 4.37. The van der Waals surface area contributed by atoms with Gasteiger partial charge in [-0.1, -0.05) is 6.07 Å². The highest BCUT2D eigenvalue weighted by Gasteiger charge is 2.36. The van der Waals surface area contributed by atoms with E-state index in [1.807, 2.05) is 0 Å². The van der Waals surface area contributed by atoms with E-state index in [2.05, 4.69) is 0 Å². The maximum absolute atomic E-state index is 13.1. The van der Waals surface area contributed by atoms with Crippen LogP contribution in [0.15, 0.2) is 18.2 Å². The first-order valence-corrected chi connectivity index (χ1v) is 7.12. The van der Waals surface area contributed by atoms with Gasteiger partial charge in [-0.05, 0) is 36.5 Å². The van der Waals surface area contributed by atoms with Crippen molar-refractivity contribution in [3.05, 3.63) is 29.3 Å². The summed E-state index contributed by atoms with van der Waals surface area (Å²) in [6.45, 7) is 0.108. The van der Waals surface area contributed by atoms with Gasteiger partial charge in [-0.2, -0.15) is 13.2 Å². The maximum atomic E-state index is 13.1. The van der Waals surface area contributed by atoms with Gasteiger partial charge in [-0.3, -0.25) is 0 Å².